The second-order valence-corrected chi connectivity index (χ2v) is 17.1. The maximum absolute atomic E-state index is 5.24. The Kier molecular flexibility index (Phi) is 8.05. The summed E-state index contributed by atoms with van der Waals surface area (Å²) >= 11 is 1.85. The van der Waals surface area contributed by atoms with Crippen LogP contribution in [0.15, 0.2) is 218 Å². The summed E-state index contributed by atoms with van der Waals surface area (Å²) in [7, 11) is 0. The van der Waals surface area contributed by atoms with Crippen LogP contribution >= 0.6 is 11.3 Å². The molecule has 0 spiro atoms. The Balaban J connectivity index is 1.04. The second-order valence-electron chi connectivity index (χ2n) is 16.1. The first-order valence-electron chi connectivity index (χ1n) is 21.3. The molecule has 0 fully saturated rings. The normalized spacial score (nSPS) is 11.8. The molecule has 0 unspecified atom stereocenters. The molecule has 0 amide bonds. The predicted octanol–water partition coefficient (Wildman–Crippen LogP) is 15.7. The largest absolute Gasteiger partial charge is 0.309 e. The lowest BCUT2D eigenvalue weighted by Crippen LogP contribution is -1.95. The molecule has 4 aromatic heterocycles. The Bertz CT molecular complexity index is 3830. The molecule has 63 heavy (non-hydrogen) atoms. The van der Waals surface area contributed by atoms with Crippen molar-refractivity contribution in [3.63, 3.8) is 0 Å². The highest BCUT2D eigenvalue weighted by molar-refractivity contribution is 7.26. The fourth-order valence-corrected chi connectivity index (χ4v) is 11.1. The molecule has 0 N–H and O–H groups in total. The third kappa shape index (κ3) is 5.60. The Hall–Kier alpha value is -8.12. The lowest BCUT2D eigenvalue weighted by molar-refractivity contribution is 1.17. The summed E-state index contributed by atoms with van der Waals surface area (Å²) in [6.45, 7) is 0. The standard InChI is InChI=1S/C58H36N4S/c1-5-17-37(18-6-1)49-36-50(60-58(59-49)38-19-7-2-8-20-38)46-29-16-28-45-44-27-15-26-42(56(44)63-57(45)46)39-31-33-52-48(35-39)43-32-34-53-54(55(43)62(52)41-23-11-4-12-24-41)47-25-13-14-30-51(47)61(53)40-21-9-3-10-22-40/h1-36H. The number of nitrogens with zero attached hydrogens (tertiary/aromatic N) is 4. The quantitative estimate of drug-likeness (QED) is 0.167. The van der Waals surface area contributed by atoms with Crippen LogP contribution in [-0.4, -0.2) is 19.1 Å². The molecule has 9 aromatic carbocycles. The van der Waals surface area contributed by atoms with E-state index in [4.69, 9.17) is 9.97 Å². The van der Waals surface area contributed by atoms with Crippen LogP contribution in [0.3, 0.4) is 0 Å². The zero-order chi connectivity index (χ0) is 41.4. The average Bonchev–Trinajstić information content (AvgIpc) is 4.02. The van der Waals surface area contributed by atoms with Gasteiger partial charge in [-0.25, -0.2) is 9.97 Å². The van der Waals surface area contributed by atoms with Gasteiger partial charge >= 0.3 is 0 Å². The summed E-state index contributed by atoms with van der Waals surface area (Å²) in [6.07, 6.45) is 0. The van der Waals surface area contributed by atoms with Gasteiger partial charge in [-0.05, 0) is 65.7 Å². The van der Waals surface area contributed by atoms with E-state index in [2.05, 4.69) is 203 Å². The fourth-order valence-electron chi connectivity index (χ4n) is 9.73. The molecule has 0 atom stereocenters. The van der Waals surface area contributed by atoms with E-state index in [1.165, 1.54) is 74.9 Å². The maximum atomic E-state index is 5.24. The molecule has 0 radical (unpaired) electrons. The minimum atomic E-state index is 0.718. The molecule has 0 saturated heterocycles. The number of rotatable bonds is 6. The number of fused-ring (bicyclic) bond motifs is 10. The lowest BCUT2D eigenvalue weighted by Gasteiger charge is -2.10. The van der Waals surface area contributed by atoms with Crippen molar-refractivity contribution >= 4 is 75.1 Å². The van der Waals surface area contributed by atoms with E-state index in [0.717, 1.165) is 45.3 Å². The number of aromatic nitrogens is 4. The molecule has 13 aromatic rings. The van der Waals surface area contributed by atoms with Gasteiger partial charge in [-0.3, -0.25) is 0 Å². The zero-order valence-electron chi connectivity index (χ0n) is 34.0. The highest BCUT2D eigenvalue weighted by Crippen LogP contribution is 2.47. The number of hydrogen-bond donors (Lipinski definition) is 0. The van der Waals surface area contributed by atoms with Gasteiger partial charge in [0.15, 0.2) is 5.82 Å². The van der Waals surface area contributed by atoms with Crippen LogP contribution in [0.5, 0.6) is 0 Å². The minimum Gasteiger partial charge on any atom is -0.309 e. The molecule has 294 valence electrons. The van der Waals surface area contributed by atoms with Gasteiger partial charge in [0.25, 0.3) is 0 Å². The van der Waals surface area contributed by atoms with Crippen LogP contribution < -0.4 is 0 Å². The molecule has 0 aliphatic carbocycles. The minimum absolute atomic E-state index is 0.718. The zero-order valence-corrected chi connectivity index (χ0v) is 34.8. The predicted molar refractivity (Wildman–Crippen MR) is 265 cm³/mol. The van der Waals surface area contributed by atoms with Gasteiger partial charge in [-0.15, -0.1) is 11.3 Å². The Labute approximate surface area is 367 Å². The van der Waals surface area contributed by atoms with Crippen molar-refractivity contribution in [2.24, 2.45) is 0 Å². The van der Waals surface area contributed by atoms with Crippen molar-refractivity contribution in [3.05, 3.63) is 218 Å². The van der Waals surface area contributed by atoms with E-state index in [1.54, 1.807) is 0 Å². The Morgan fingerprint density at radius 3 is 1.62 bits per heavy atom. The summed E-state index contributed by atoms with van der Waals surface area (Å²) < 4.78 is 7.36. The highest BCUT2D eigenvalue weighted by atomic mass is 32.1. The van der Waals surface area contributed by atoms with Gasteiger partial charge in [0.1, 0.15) is 0 Å². The number of thiophene rings is 1. The summed E-state index contributed by atoms with van der Waals surface area (Å²) in [5, 5.41) is 7.43. The SMILES string of the molecule is c1ccc(-c2cc(-c3cccc4c3sc3c(-c5ccc6c(c5)c5ccc7c(c8ccccc8n7-c7ccccc7)c5n6-c5ccccc5)cccc34)nc(-c3ccccc3)n2)cc1. The second kappa shape index (κ2) is 14.2. The van der Waals surface area contributed by atoms with Crippen LogP contribution in [0.1, 0.15) is 0 Å². The van der Waals surface area contributed by atoms with Crippen LogP contribution in [0.2, 0.25) is 0 Å². The molecular formula is C58H36N4S. The van der Waals surface area contributed by atoms with Crippen molar-refractivity contribution in [2.45, 2.75) is 0 Å². The number of benzene rings is 9. The molecule has 4 nitrogen and oxygen atoms in total. The van der Waals surface area contributed by atoms with Crippen LogP contribution in [0, 0.1) is 0 Å². The molecule has 13 rings (SSSR count). The van der Waals surface area contributed by atoms with Crippen molar-refractivity contribution in [3.8, 4) is 56.4 Å². The van der Waals surface area contributed by atoms with E-state index in [0.29, 0.717) is 0 Å². The Morgan fingerprint density at radius 2 is 0.889 bits per heavy atom. The first kappa shape index (κ1) is 35.6. The molecule has 4 heterocycles. The molecule has 0 bridgehead atoms. The van der Waals surface area contributed by atoms with Crippen molar-refractivity contribution in [1.82, 2.24) is 19.1 Å². The first-order chi connectivity index (χ1) is 31.3. The van der Waals surface area contributed by atoms with Crippen molar-refractivity contribution in [1.29, 1.82) is 0 Å². The van der Waals surface area contributed by atoms with Gasteiger partial charge in [0.05, 0.1) is 33.5 Å². The first-order valence-corrected chi connectivity index (χ1v) is 22.1. The van der Waals surface area contributed by atoms with E-state index in [9.17, 15) is 0 Å². The van der Waals surface area contributed by atoms with E-state index < -0.39 is 0 Å². The third-order valence-corrected chi connectivity index (χ3v) is 13.8. The van der Waals surface area contributed by atoms with Gasteiger partial charge in [-0.2, -0.15) is 0 Å². The van der Waals surface area contributed by atoms with Gasteiger partial charge in [0, 0.05) is 69.8 Å². The molecule has 0 saturated carbocycles. The van der Waals surface area contributed by atoms with Gasteiger partial charge in [0.2, 0.25) is 0 Å². The van der Waals surface area contributed by atoms with Gasteiger partial charge in [-0.1, -0.05) is 164 Å². The Morgan fingerprint density at radius 1 is 0.333 bits per heavy atom. The smallest absolute Gasteiger partial charge is 0.160 e. The average molecular weight is 821 g/mol. The summed E-state index contributed by atoms with van der Waals surface area (Å²) in [5.74, 6) is 0.718. The maximum Gasteiger partial charge on any atom is 0.160 e. The molecule has 0 aliphatic rings. The number of para-hydroxylation sites is 3. The van der Waals surface area contributed by atoms with Crippen LogP contribution in [0.4, 0.5) is 0 Å². The van der Waals surface area contributed by atoms with Crippen molar-refractivity contribution < 1.29 is 0 Å². The van der Waals surface area contributed by atoms with Gasteiger partial charge < -0.3 is 9.13 Å². The van der Waals surface area contributed by atoms with Crippen LogP contribution in [0.25, 0.3) is 120 Å². The fraction of sp³-hybridized carbons (Fsp3) is 0. The summed E-state index contributed by atoms with van der Waals surface area (Å²) in [6, 6.07) is 78.3. The highest BCUT2D eigenvalue weighted by Gasteiger charge is 2.22. The van der Waals surface area contributed by atoms with Crippen molar-refractivity contribution in [2.75, 3.05) is 0 Å². The molecule has 5 heteroatoms. The number of hydrogen-bond acceptors (Lipinski definition) is 3. The third-order valence-electron chi connectivity index (χ3n) is 12.5. The summed E-state index contributed by atoms with van der Waals surface area (Å²) in [4.78, 5) is 10.3. The summed E-state index contributed by atoms with van der Waals surface area (Å²) in [5.41, 5.74) is 14.5. The van der Waals surface area contributed by atoms with Crippen LogP contribution in [-0.2, 0) is 0 Å². The molecule has 0 aliphatic heterocycles. The van der Waals surface area contributed by atoms with E-state index in [-0.39, 0.29) is 0 Å². The molecular weight excluding hydrogens is 785 g/mol. The lowest BCUT2D eigenvalue weighted by atomic mass is 9.99. The van der Waals surface area contributed by atoms with E-state index in [1.807, 2.05) is 35.6 Å². The monoisotopic (exact) mass is 820 g/mol. The van der Waals surface area contributed by atoms with E-state index >= 15 is 0 Å². The topological polar surface area (TPSA) is 35.6 Å².